The molecule has 0 bridgehead atoms. The van der Waals surface area contributed by atoms with Gasteiger partial charge in [-0.1, -0.05) is 38.8 Å². The van der Waals surface area contributed by atoms with Crippen molar-refractivity contribution in [1.82, 2.24) is 15.5 Å². The van der Waals surface area contributed by atoms with Crippen molar-refractivity contribution in [2.45, 2.75) is 64.3 Å². The van der Waals surface area contributed by atoms with Crippen LogP contribution in [0, 0.1) is 5.92 Å². The van der Waals surface area contributed by atoms with Gasteiger partial charge < -0.3 is 20.3 Å². The normalized spacial score (nSPS) is 20.5. The molecule has 1 amide bonds. The Morgan fingerprint density at radius 3 is 2.53 bits per heavy atom. The van der Waals surface area contributed by atoms with Gasteiger partial charge in [0, 0.05) is 37.0 Å². The molecule has 1 aliphatic heterocycles. The maximum Gasteiger partial charge on any atom is 0.225 e. The fourth-order valence-electron chi connectivity index (χ4n) is 4.43. The number of rotatable bonds is 7. The first kappa shape index (κ1) is 22.4. The van der Waals surface area contributed by atoms with Crippen molar-refractivity contribution in [2.75, 3.05) is 33.3 Å². The van der Waals surface area contributed by atoms with Gasteiger partial charge in [-0.15, -0.1) is 0 Å². The van der Waals surface area contributed by atoms with Crippen molar-refractivity contribution in [1.29, 1.82) is 0 Å². The molecule has 0 aromatic heterocycles. The van der Waals surface area contributed by atoms with Crippen molar-refractivity contribution in [3.05, 3.63) is 29.8 Å². The molecule has 30 heavy (non-hydrogen) atoms. The summed E-state index contributed by atoms with van der Waals surface area (Å²) in [6.45, 7) is 9.61. The average molecular weight is 415 g/mol. The van der Waals surface area contributed by atoms with Gasteiger partial charge in [-0.3, -0.25) is 9.79 Å². The van der Waals surface area contributed by atoms with Crippen LogP contribution in [-0.4, -0.2) is 56.1 Å². The van der Waals surface area contributed by atoms with Gasteiger partial charge in [-0.25, -0.2) is 0 Å². The van der Waals surface area contributed by atoms with Crippen molar-refractivity contribution < 1.29 is 9.53 Å². The molecule has 0 spiro atoms. The molecule has 1 saturated carbocycles. The number of aliphatic imine (C=N–C) groups is 1. The zero-order valence-electron chi connectivity index (χ0n) is 19.0. The van der Waals surface area contributed by atoms with Crippen molar-refractivity contribution in [2.24, 2.45) is 10.9 Å². The summed E-state index contributed by atoms with van der Waals surface area (Å²) in [5.74, 6) is 2.32. The highest BCUT2D eigenvalue weighted by Gasteiger charge is 2.32. The molecule has 3 rings (SSSR count). The van der Waals surface area contributed by atoms with E-state index in [2.05, 4.69) is 48.4 Å². The molecule has 6 nitrogen and oxygen atoms in total. The molecule has 166 valence electrons. The Bertz CT molecular complexity index is 723. The molecule has 1 heterocycles. The van der Waals surface area contributed by atoms with Crippen LogP contribution in [0.3, 0.4) is 0 Å². The number of nitrogens with one attached hydrogen (secondary N) is 2. The smallest absolute Gasteiger partial charge is 0.225 e. The number of likely N-dealkylation sites (tertiary alicyclic amines) is 1. The minimum atomic E-state index is -0.0885. The third-order valence-corrected chi connectivity index (χ3v) is 6.39. The lowest BCUT2D eigenvalue weighted by atomic mass is 9.85. The summed E-state index contributed by atoms with van der Waals surface area (Å²) in [7, 11) is 1.68. The molecule has 2 N–H and O–H groups in total. The van der Waals surface area contributed by atoms with Crippen molar-refractivity contribution in [3.8, 4) is 5.75 Å². The van der Waals surface area contributed by atoms with E-state index in [1.807, 2.05) is 12.1 Å². The molecular formula is C24H38N4O2. The zero-order chi connectivity index (χ0) is 21.6. The van der Waals surface area contributed by atoms with E-state index in [0.717, 1.165) is 50.6 Å². The van der Waals surface area contributed by atoms with Crippen molar-refractivity contribution in [3.63, 3.8) is 0 Å². The van der Waals surface area contributed by atoms with E-state index >= 15 is 0 Å². The van der Waals surface area contributed by atoms with Gasteiger partial charge in [-0.2, -0.15) is 0 Å². The Kier molecular flexibility index (Phi) is 7.62. The number of benzene rings is 1. The summed E-state index contributed by atoms with van der Waals surface area (Å²) < 4.78 is 5.27. The fraction of sp³-hybridized carbons (Fsp3) is 0.667. The Balaban J connectivity index is 1.58. The van der Waals surface area contributed by atoms with Crippen molar-refractivity contribution >= 4 is 11.9 Å². The predicted molar refractivity (Wildman–Crippen MR) is 122 cm³/mol. The van der Waals surface area contributed by atoms with Gasteiger partial charge in [-0.05, 0) is 43.9 Å². The summed E-state index contributed by atoms with van der Waals surface area (Å²) in [5.41, 5.74) is 1.14. The fourth-order valence-corrected chi connectivity index (χ4v) is 4.43. The first-order valence-electron chi connectivity index (χ1n) is 11.4. The number of hydrogen-bond acceptors (Lipinski definition) is 3. The highest BCUT2D eigenvalue weighted by atomic mass is 16.5. The third kappa shape index (κ3) is 5.67. The van der Waals surface area contributed by atoms with E-state index in [-0.39, 0.29) is 17.4 Å². The maximum atomic E-state index is 12.7. The summed E-state index contributed by atoms with van der Waals surface area (Å²) in [5, 5.41) is 6.93. The van der Waals surface area contributed by atoms with Crippen LogP contribution < -0.4 is 15.4 Å². The molecule has 2 fully saturated rings. The molecular weight excluding hydrogens is 376 g/mol. The number of ether oxygens (including phenoxy) is 1. The second-order valence-electron chi connectivity index (χ2n) is 9.20. The Labute approximate surface area is 181 Å². The van der Waals surface area contributed by atoms with Crippen LogP contribution in [0.5, 0.6) is 5.75 Å². The molecule has 6 heteroatoms. The zero-order valence-corrected chi connectivity index (χ0v) is 19.0. The van der Waals surface area contributed by atoms with E-state index in [0.29, 0.717) is 12.5 Å². The molecule has 0 radical (unpaired) electrons. The van der Waals surface area contributed by atoms with Crippen LogP contribution in [0.25, 0.3) is 0 Å². The van der Waals surface area contributed by atoms with Gasteiger partial charge in [0.25, 0.3) is 0 Å². The van der Waals surface area contributed by atoms with E-state index in [9.17, 15) is 4.79 Å². The number of nitrogens with zero attached hydrogens (tertiary/aromatic N) is 2. The van der Waals surface area contributed by atoms with Crippen LogP contribution in [0.4, 0.5) is 0 Å². The van der Waals surface area contributed by atoms with Gasteiger partial charge in [0.05, 0.1) is 13.7 Å². The molecule has 2 aliphatic rings. The summed E-state index contributed by atoms with van der Waals surface area (Å²) in [6.07, 6.45) is 5.51. The lowest BCUT2D eigenvalue weighted by Crippen LogP contribution is -2.46. The van der Waals surface area contributed by atoms with Gasteiger partial charge >= 0.3 is 0 Å². The van der Waals surface area contributed by atoms with Crippen LogP contribution in [0.1, 0.15) is 58.4 Å². The molecule has 1 saturated heterocycles. The average Bonchev–Trinajstić information content (AvgIpc) is 3.44. The minimum absolute atomic E-state index is 0.0885. The number of guanidine groups is 1. The Hall–Kier alpha value is -2.24. The third-order valence-electron chi connectivity index (χ3n) is 6.39. The first-order valence-corrected chi connectivity index (χ1v) is 11.4. The van der Waals surface area contributed by atoms with Gasteiger partial charge in [0.1, 0.15) is 5.75 Å². The van der Waals surface area contributed by atoms with E-state index in [1.165, 1.54) is 18.4 Å². The highest BCUT2D eigenvalue weighted by molar-refractivity contribution is 5.81. The van der Waals surface area contributed by atoms with E-state index in [4.69, 9.17) is 9.73 Å². The molecule has 1 aromatic rings. The van der Waals surface area contributed by atoms with Gasteiger partial charge in [0.2, 0.25) is 5.91 Å². The lowest BCUT2D eigenvalue weighted by Gasteiger charge is -2.25. The predicted octanol–water partition coefficient (Wildman–Crippen LogP) is 3.32. The molecule has 1 aliphatic carbocycles. The van der Waals surface area contributed by atoms with E-state index in [1.54, 1.807) is 7.11 Å². The Morgan fingerprint density at radius 2 is 1.90 bits per heavy atom. The topological polar surface area (TPSA) is 66.0 Å². The van der Waals surface area contributed by atoms with Crippen LogP contribution in [0.2, 0.25) is 0 Å². The minimum Gasteiger partial charge on any atom is -0.497 e. The Morgan fingerprint density at radius 1 is 1.20 bits per heavy atom. The molecule has 1 unspecified atom stereocenters. The number of amides is 1. The van der Waals surface area contributed by atoms with Gasteiger partial charge in [0.15, 0.2) is 5.96 Å². The quantitative estimate of drug-likeness (QED) is 0.531. The summed E-state index contributed by atoms with van der Waals surface area (Å²) in [4.78, 5) is 19.6. The van der Waals surface area contributed by atoms with Crippen LogP contribution in [-0.2, 0) is 10.2 Å². The highest BCUT2D eigenvalue weighted by Crippen LogP contribution is 2.28. The standard InChI is InChI=1S/C24H38N4O2/c1-5-25-23(26-17-24(2,3)19-10-12-21(30-4)13-11-19)27-20-14-15-28(16-20)22(29)18-8-6-7-9-18/h10-13,18,20H,5-9,14-17H2,1-4H3,(H2,25,26,27). The number of carbonyl (C=O) groups is 1. The summed E-state index contributed by atoms with van der Waals surface area (Å²) >= 11 is 0. The number of methoxy groups -OCH3 is 1. The monoisotopic (exact) mass is 414 g/mol. The second-order valence-corrected chi connectivity index (χ2v) is 9.20. The lowest BCUT2D eigenvalue weighted by molar-refractivity contribution is -0.134. The van der Waals surface area contributed by atoms with E-state index < -0.39 is 0 Å². The molecule has 1 atom stereocenters. The van der Waals surface area contributed by atoms with Crippen LogP contribution >= 0.6 is 0 Å². The first-order chi connectivity index (χ1) is 14.4. The van der Waals surface area contributed by atoms with Crippen LogP contribution in [0.15, 0.2) is 29.3 Å². The SMILES string of the molecule is CCNC(=NCC(C)(C)c1ccc(OC)cc1)NC1CCN(C(=O)C2CCCC2)C1. The largest absolute Gasteiger partial charge is 0.497 e. The maximum absolute atomic E-state index is 12.7. The molecule has 1 aromatic carbocycles. The number of hydrogen-bond donors (Lipinski definition) is 2. The number of carbonyl (C=O) groups excluding carboxylic acids is 1. The summed E-state index contributed by atoms with van der Waals surface area (Å²) in [6, 6.07) is 8.48. The second kappa shape index (κ2) is 10.2.